The van der Waals surface area contributed by atoms with Gasteiger partial charge in [0.1, 0.15) is 5.57 Å². The number of hydrogen-bond acceptors (Lipinski definition) is 8. The van der Waals surface area contributed by atoms with E-state index >= 15 is 0 Å². The molecule has 4 rings (SSSR count). The topological polar surface area (TPSA) is 146 Å². The molecule has 0 bridgehead atoms. The standard InChI is InChI=1S/C21H17N3O8/c1-29-16-7-11(2-4-14(16)30-9-18(22)25)6-13-19(26)23-21(28)24(20(13)27)12-3-5-15-17(8-12)32-10-31-15/h2-8H,9-10H2,1H3,(H2,22,25)(H,23,26,28)/b13-6+. The predicted octanol–water partition coefficient (Wildman–Crippen LogP) is 0.954. The third kappa shape index (κ3) is 3.90. The number of nitrogens with one attached hydrogen (secondary N) is 1. The van der Waals surface area contributed by atoms with E-state index in [2.05, 4.69) is 5.32 Å². The monoisotopic (exact) mass is 439 g/mol. The molecule has 11 nitrogen and oxygen atoms in total. The molecule has 2 aliphatic heterocycles. The quantitative estimate of drug-likeness (QED) is 0.500. The summed E-state index contributed by atoms with van der Waals surface area (Å²) in [4.78, 5) is 49.6. The zero-order valence-corrected chi connectivity index (χ0v) is 16.7. The molecule has 164 valence electrons. The molecule has 0 radical (unpaired) electrons. The van der Waals surface area contributed by atoms with Gasteiger partial charge in [-0.25, -0.2) is 9.69 Å². The highest BCUT2D eigenvalue weighted by Crippen LogP contribution is 2.36. The lowest BCUT2D eigenvalue weighted by molar-refractivity contribution is -0.123. The molecule has 2 aliphatic rings. The predicted molar refractivity (Wildman–Crippen MR) is 109 cm³/mol. The number of carbonyl (C=O) groups excluding carboxylic acids is 4. The summed E-state index contributed by atoms with van der Waals surface area (Å²) in [6.45, 7) is -0.312. The number of urea groups is 1. The van der Waals surface area contributed by atoms with Crippen LogP contribution in [0.4, 0.5) is 10.5 Å². The van der Waals surface area contributed by atoms with E-state index in [0.29, 0.717) is 17.1 Å². The fourth-order valence-corrected chi connectivity index (χ4v) is 3.13. The van der Waals surface area contributed by atoms with Gasteiger partial charge in [-0.2, -0.15) is 0 Å². The molecular formula is C21H17N3O8. The number of nitrogens with two attached hydrogens (primary N) is 1. The number of methoxy groups -OCH3 is 1. The van der Waals surface area contributed by atoms with Gasteiger partial charge in [-0.1, -0.05) is 6.07 Å². The second kappa shape index (κ2) is 8.30. The summed E-state index contributed by atoms with van der Waals surface area (Å²) in [5.41, 5.74) is 5.44. The van der Waals surface area contributed by atoms with Gasteiger partial charge < -0.3 is 24.7 Å². The molecule has 0 atom stereocenters. The molecule has 0 saturated carbocycles. The van der Waals surface area contributed by atoms with Crippen LogP contribution in [0.2, 0.25) is 0 Å². The molecule has 2 heterocycles. The second-order valence-corrected chi connectivity index (χ2v) is 6.66. The molecule has 3 N–H and O–H groups in total. The van der Waals surface area contributed by atoms with Crippen molar-refractivity contribution in [1.82, 2.24) is 5.32 Å². The number of hydrogen-bond donors (Lipinski definition) is 2. The lowest BCUT2D eigenvalue weighted by atomic mass is 10.1. The van der Waals surface area contributed by atoms with Crippen LogP contribution in [0.5, 0.6) is 23.0 Å². The van der Waals surface area contributed by atoms with E-state index in [0.717, 1.165) is 4.90 Å². The molecular weight excluding hydrogens is 422 g/mol. The summed E-state index contributed by atoms with van der Waals surface area (Å²) in [6, 6.07) is 8.21. The van der Waals surface area contributed by atoms with Gasteiger partial charge in [-0.05, 0) is 35.9 Å². The average molecular weight is 439 g/mol. The summed E-state index contributed by atoms with van der Waals surface area (Å²) < 4.78 is 21.0. The number of ether oxygens (including phenoxy) is 4. The van der Waals surface area contributed by atoms with Crippen LogP contribution < -0.4 is 34.9 Å². The Hall–Kier alpha value is -4.54. The number of amides is 5. The van der Waals surface area contributed by atoms with E-state index in [-0.39, 0.29) is 36.2 Å². The minimum absolute atomic E-state index is 0.0313. The number of carbonyl (C=O) groups is 4. The Balaban J connectivity index is 1.65. The highest BCUT2D eigenvalue weighted by Gasteiger charge is 2.37. The average Bonchev–Trinajstić information content (AvgIpc) is 3.23. The molecule has 0 aliphatic carbocycles. The molecule has 0 unspecified atom stereocenters. The molecule has 0 spiro atoms. The summed E-state index contributed by atoms with van der Waals surface area (Å²) in [5, 5.41) is 2.15. The van der Waals surface area contributed by atoms with Crippen LogP contribution in [0.3, 0.4) is 0 Å². The molecule has 2 aromatic carbocycles. The Morgan fingerprint density at radius 3 is 2.66 bits per heavy atom. The van der Waals surface area contributed by atoms with Crippen LogP contribution in [-0.4, -0.2) is 44.3 Å². The Kier molecular flexibility index (Phi) is 5.37. The third-order valence-electron chi connectivity index (χ3n) is 4.58. The number of rotatable bonds is 6. The second-order valence-electron chi connectivity index (χ2n) is 6.66. The maximum absolute atomic E-state index is 13.0. The maximum Gasteiger partial charge on any atom is 0.335 e. The van der Waals surface area contributed by atoms with Crippen molar-refractivity contribution in [3.63, 3.8) is 0 Å². The van der Waals surface area contributed by atoms with E-state index in [4.69, 9.17) is 24.7 Å². The largest absolute Gasteiger partial charge is 0.493 e. The first kappa shape index (κ1) is 20.7. The van der Waals surface area contributed by atoms with Crippen molar-refractivity contribution in [2.24, 2.45) is 5.73 Å². The Morgan fingerprint density at radius 2 is 1.91 bits per heavy atom. The van der Waals surface area contributed by atoms with E-state index in [1.165, 1.54) is 37.5 Å². The molecule has 5 amide bonds. The zero-order valence-electron chi connectivity index (χ0n) is 16.7. The molecule has 11 heteroatoms. The molecule has 32 heavy (non-hydrogen) atoms. The van der Waals surface area contributed by atoms with E-state index in [1.54, 1.807) is 12.1 Å². The molecule has 2 aromatic rings. The van der Waals surface area contributed by atoms with Crippen molar-refractivity contribution in [3.8, 4) is 23.0 Å². The lowest BCUT2D eigenvalue weighted by Crippen LogP contribution is -2.54. The number of barbiturate groups is 1. The van der Waals surface area contributed by atoms with Gasteiger partial charge in [0.2, 0.25) is 6.79 Å². The minimum atomic E-state index is -0.885. The van der Waals surface area contributed by atoms with Crippen LogP contribution in [-0.2, 0) is 14.4 Å². The maximum atomic E-state index is 13.0. The zero-order chi connectivity index (χ0) is 22.8. The van der Waals surface area contributed by atoms with Crippen LogP contribution in [0.15, 0.2) is 42.0 Å². The normalized spacial score (nSPS) is 16.2. The number of fused-ring (bicyclic) bond motifs is 1. The highest BCUT2D eigenvalue weighted by atomic mass is 16.7. The van der Waals surface area contributed by atoms with Crippen molar-refractivity contribution in [2.45, 2.75) is 0 Å². The summed E-state index contributed by atoms with van der Waals surface area (Å²) in [6.07, 6.45) is 1.31. The van der Waals surface area contributed by atoms with Crippen LogP contribution in [0.25, 0.3) is 6.08 Å². The third-order valence-corrected chi connectivity index (χ3v) is 4.58. The van der Waals surface area contributed by atoms with Crippen LogP contribution in [0.1, 0.15) is 5.56 Å². The van der Waals surface area contributed by atoms with Gasteiger partial charge in [-0.15, -0.1) is 0 Å². The summed E-state index contributed by atoms with van der Waals surface area (Å²) >= 11 is 0. The lowest BCUT2D eigenvalue weighted by Gasteiger charge is -2.26. The first-order valence-corrected chi connectivity index (χ1v) is 9.27. The first-order chi connectivity index (χ1) is 15.4. The summed E-state index contributed by atoms with van der Waals surface area (Å²) in [7, 11) is 1.39. The van der Waals surface area contributed by atoms with E-state index < -0.39 is 23.8 Å². The number of anilines is 1. The Bertz CT molecular complexity index is 1170. The van der Waals surface area contributed by atoms with Gasteiger partial charge in [0, 0.05) is 6.07 Å². The van der Waals surface area contributed by atoms with E-state index in [1.807, 2.05) is 0 Å². The van der Waals surface area contributed by atoms with Crippen molar-refractivity contribution in [3.05, 3.63) is 47.5 Å². The van der Waals surface area contributed by atoms with Gasteiger partial charge in [0.25, 0.3) is 17.7 Å². The van der Waals surface area contributed by atoms with Crippen LogP contribution >= 0.6 is 0 Å². The minimum Gasteiger partial charge on any atom is -0.493 e. The Morgan fingerprint density at radius 1 is 1.12 bits per heavy atom. The highest BCUT2D eigenvalue weighted by molar-refractivity contribution is 6.39. The fourth-order valence-electron chi connectivity index (χ4n) is 3.13. The van der Waals surface area contributed by atoms with Crippen molar-refractivity contribution in [1.29, 1.82) is 0 Å². The number of benzene rings is 2. The number of imide groups is 2. The van der Waals surface area contributed by atoms with Gasteiger partial charge in [-0.3, -0.25) is 19.7 Å². The number of nitrogens with zero attached hydrogens (tertiary/aromatic N) is 1. The molecule has 1 fully saturated rings. The SMILES string of the molecule is COc1cc(/C=C2\C(=O)NC(=O)N(c3ccc4c(c3)OCO4)C2=O)ccc1OCC(N)=O. The Labute approximate surface area is 181 Å². The summed E-state index contributed by atoms with van der Waals surface area (Å²) in [5.74, 6) is -0.942. The van der Waals surface area contributed by atoms with Gasteiger partial charge >= 0.3 is 6.03 Å². The van der Waals surface area contributed by atoms with Crippen molar-refractivity contribution < 1.29 is 38.1 Å². The fraction of sp³-hybridized carbons (Fsp3) is 0.143. The van der Waals surface area contributed by atoms with Gasteiger partial charge in [0.15, 0.2) is 29.6 Å². The van der Waals surface area contributed by atoms with Gasteiger partial charge in [0.05, 0.1) is 12.8 Å². The molecule has 1 saturated heterocycles. The molecule has 0 aromatic heterocycles. The number of primary amides is 1. The van der Waals surface area contributed by atoms with Crippen molar-refractivity contribution in [2.75, 3.05) is 25.4 Å². The first-order valence-electron chi connectivity index (χ1n) is 9.27. The van der Waals surface area contributed by atoms with Crippen LogP contribution in [0, 0.1) is 0 Å². The van der Waals surface area contributed by atoms with Crippen molar-refractivity contribution >= 4 is 35.5 Å². The van der Waals surface area contributed by atoms with E-state index in [9.17, 15) is 19.2 Å². The smallest absolute Gasteiger partial charge is 0.335 e.